The van der Waals surface area contributed by atoms with E-state index in [-0.39, 0.29) is 11.3 Å². The molecule has 0 saturated carbocycles. The highest BCUT2D eigenvalue weighted by Crippen LogP contribution is 2.24. The number of non-ortho nitro benzene ring substituents is 1. The quantitative estimate of drug-likeness (QED) is 0.399. The number of carbonyl (C=O) groups is 1. The summed E-state index contributed by atoms with van der Waals surface area (Å²) in [6, 6.07) is 11.7. The van der Waals surface area contributed by atoms with E-state index in [1.807, 2.05) is 24.3 Å². The summed E-state index contributed by atoms with van der Waals surface area (Å²) in [6.07, 6.45) is 0. The lowest BCUT2D eigenvalue weighted by molar-refractivity contribution is -0.384. The Kier molecular flexibility index (Phi) is 6.99. The molecule has 2 N–H and O–H groups in total. The average Bonchev–Trinajstić information content (AvgIpc) is 2.75. The molecule has 0 aliphatic carbocycles. The molecule has 0 bridgehead atoms. The number of nitrogens with one attached hydrogen (secondary N) is 2. The van der Waals surface area contributed by atoms with Crippen LogP contribution < -0.4 is 15.5 Å². The molecular formula is C20H24N4O5. The van der Waals surface area contributed by atoms with Gasteiger partial charge in [-0.25, -0.2) is 0 Å². The Morgan fingerprint density at radius 1 is 1.21 bits per heavy atom. The van der Waals surface area contributed by atoms with Crippen molar-refractivity contribution in [1.29, 1.82) is 0 Å². The Bertz CT molecular complexity index is 850. The number of rotatable bonds is 8. The third-order valence-corrected chi connectivity index (χ3v) is 4.58. The van der Waals surface area contributed by atoms with Crippen LogP contribution in [0.3, 0.4) is 0 Å². The van der Waals surface area contributed by atoms with E-state index in [0.29, 0.717) is 37.7 Å². The number of ether oxygens (including phenoxy) is 2. The minimum Gasteiger partial charge on any atom is -0.383 e. The maximum atomic E-state index is 12.8. The van der Waals surface area contributed by atoms with Gasteiger partial charge >= 0.3 is 0 Å². The first-order chi connectivity index (χ1) is 14.1. The number of morpholine rings is 1. The molecule has 3 rings (SSSR count). The van der Waals surface area contributed by atoms with Crippen LogP contribution in [0.2, 0.25) is 0 Å². The minimum atomic E-state index is -0.521. The van der Waals surface area contributed by atoms with Crippen molar-refractivity contribution in [1.82, 2.24) is 0 Å². The number of carbonyl (C=O) groups excluding carboxylic acids is 1. The van der Waals surface area contributed by atoms with Crippen LogP contribution in [0.4, 0.5) is 22.7 Å². The molecule has 154 valence electrons. The summed E-state index contributed by atoms with van der Waals surface area (Å²) in [7, 11) is 1.58. The molecule has 0 aromatic heterocycles. The zero-order chi connectivity index (χ0) is 20.6. The third kappa shape index (κ3) is 5.43. The number of hydrogen-bond acceptors (Lipinski definition) is 7. The fourth-order valence-corrected chi connectivity index (χ4v) is 3.05. The van der Waals surface area contributed by atoms with E-state index in [0.717, 1.165) is 18.8 Å². The van der Waals surface area contributed by atoms with Gasteiger partial charge in [-0.3, -0.25) is 14.9 Å². The zero-order valence-corrected chi connectivity index (χ0v) is 16.2. The van der Waals surface area contributed by atoms with Gasteiger partial charge in [-0.1, -0.05) is 0 Å². The van der Waals surface area contributed by atoms with E-state index in [2.05, 4.69) is 15.5 Å². The SMILES string of the molecule is COCCNc1ccc([N+](=O)[O-])cc1C(=O)Nc1ccc(N2CCOCC2)cc1. The summed E-state index contributed by atoms with van der Waals surface area (Å²) in [6.45, 7) is 3.98. The highest BCUT2D eigenvalue weighted by molar-refractivity contribution is 6.08. The first kappa shape index (κ1) is 20.6. The molecule has 29 heavy (non-hydrogen) atoms. The molecule has 0 spiro atoms. The minimum absolute atomic E-state index is 0.143. The van der Waals surface area contributed by atoms with Crippen molar-refractivity contribution in [2.75, 3.05) is 62.1 Å². The molecule has 2 aromatic rings. The van der Waals surface area contributed by atoms with Crippen LogP contribution in [0.5, 0.6) is 0 Å². The molecule has 1 saturated heterocycles. The standard InChI is InChI=1S/C20H24N4O5/c1-28-11-8-21-19-7-6-17(24(26)27)14-18(19)20(25)22-15-2-4-16(5-3-15)23-9-12-29-13-10-23/h2-7,14,21H,8-13H2,1H3,(H,22,25). The van der Waals surface area contributed by atoms with Gasteiger partial charge in [-0.05, 0) is 30.3 Å². The molecule has 1 aliphatic rings. The van der Waals surface area contributed by atoms with Gasteiger partial charge in [0, 0.05) is 55.9 Å². The second-order valence-electron chi connectivity index (χ2n) is 6.51. The molecule has 1 aliphatic heterocycles. The summed E-state index contributed by atoms with van der Waals surface area (Å²) < 4.78 is 10.4. The van der Waals surface area contributed by atoms with Crippen LogP contribution in [-0.2, 0) is 9.47 Å². The Hall–Kier alpha value is -3.17. The van der Waals surface area contributed by atoms with E-state index in [1.54, 1.807) is 7.11 Å². The number of amides is 1. The van der Waals surface area contributed by atoms with Gasteiger partial charge in [-0.2, -0.15) is 0 Å². The van der Waals surface area contributed by atoms with E-state index < -0.39 is 10.8 Å². The molecule has 1 fully saturated rings. The second kappa shape index (κ2) is 9.85. The number of hydrogen-bond donors (Lipinski definition) is 2. The third-order valence-electron chi connectivity index (χ3n) is 4.58. The zero-order valence-electron chi connectivity index (χ0n) is 16.2. The van der Waals surface area contributed by atoms with Gasteiger partial charge in [0.25, 0.3) is 11.6 Å². The van der Waals surface area contributed by atoms with Crippen LogP contribution in [0, 0.1) is 10.1 Å². The first-order valence-corrected chi connectivity index (χ1v) is 9.34. The lowest BCUT2D eigenvalue weighted by atomic mass is 10.1. The molecule has 1 amide bonds. The Labute approximate surface area is 168 Å². The van der Waals surface area contributed by atoms with Gasteiger partial charge < -0.3 is 25.0 Å². The lowest BCUT2D eigenvalue weighted by Crippen LogP contribution is -2.36. The largest absolute Gasteiger partial charge is 0.383 e. The van der Waals surface area contributed by atoms with Gasteiger partial charge in [0.05, 0.1) is 30.3 Å². The number of benzene rings is 2. The fraction of sp³-hybridized carbons (Fsp3) is 0.350. The van der Waals surface area contributed by atoms with E-state index in [9.17, 15) is 14.9 Å². The van der Waals surface area contributed by atoms with Crippen LogP contribution in [0.1, 0.15) is 10.4 Å². The van der Waals surface area contributed by atoms with Crippen molar-refractivity contribution in [3.05, 3.63) is 58.1 Å². The summed E-state index contributed by atoms with van der Waals surface area (Å²) in [5.74, 6) is -0.423. The maximum Gasteiger partial charge on any atom is 0.270 e. The molecule has 9 nitrogen and oxygen atoms in total. The normalized spacial score (nSPS) is 13.8. The van der Waals surface area contributed by atoms with Crippen molar-refractivity contribution >= 4 is 28.7 Å². The smallest absolute Gasteiger partial charge is 0.270 e. The van der Waals surface area contributed by atoms with Crippen molar-refractivity contribution in [2.45, 2.75) is 0 Å². The molecule has 0 unspecified atom stereocenters. The number of methoxy groups -OCH3 is 1. The van der Waals surface area contributed by atoms with Crippen molar-refractivity contribution in [3.63, 3.8) is 0 Å². The van der Waals surface area contributed by atoms with Crippen molar-refractivity contribution < 1.29 is 19.2 Å². The summed E-state index contributed by atoms with van der Waals surface area (Å²) >= 11 is 0. The molecule has 0 atom stereocenters. The van der Waals surface area contributed by atoms with E-state index >= 15 is 0 Å². The molecular weight excluding hydrogens is 376 g/mol. The van der Waals surface area contributed by atoms with Gasteiger partial charge in [0.15, 0.2) is 0 Å². The van der Waals surface area contributed by atoms with Crippen molar-refractivity contribution in [2.24, 2.45) is 0 Å². The maximum absolute atomic E-state index is 12.8. The topological polar surface area (TPSA) is 106 Å². The fourth-order valence-electron chi connectivity index (χ4n) is 3.05. The van der Waals surface area contributed by atoms with Crippen molar-refractivity contribution in [3.8, 4) is 0 Å². The average molecular weight is 400 g/mol. The van der Waals surface area contributed by atoms with Gasteiger partial charge in [0.1, 0.15) is 0 Å². The molecule has 9 heteroatoms. The highest BCUT2D eigenvalue weighted by Gasteiger charge is 2.17. The first-order valence-electron chi connectivity index (χ1n) is 9.34. The molecule has 2 aromatic carbocycles. The van der Waals surface area contributed by atoms with Crippen LogP contribution >= 0.6 is 0 Å². The Morgan fingerprint density at radius 2 is 1.93 bits per heavy atom. The second-order valence-corrected chi connectivity index (χ2v) is 6.51. The highest BCUT2D eigenvalue weighted by atomic mass is 16.6. The van der Waals surface area contributed by atoms with Gasteiger partial charge in [0.2, 0.25) is 0 Å². The summed E-state index contributed by atoms with van der Waals surface area (Å²) in [5, 5.41) is 17.0. The van der Waals surface area contributed by atoms with E-state index in [4.69, 9.17) is 9.47 Å². The lowest BCUT2D eigenvalue weighted by Gasteiger charge is -2.28. The summed E-state index contributed by atoms with van der Waals surface area (Å²) in [4.78, 5) is 25.6. The Morgan fingerprint density at radius 3 is 2.59 bits per heavy atom. The van der Waals surface area contributed by atoms with Crippen LogP contribution in [0.15, 0.2) is 42.5 Å². The van der Waals surface area contributed by atoms with Gasteiger partial charge in [-0.15, -0.1) is 0 Å². The van der Waals surface area contributed by atoms with E-state index in [1.165, 1.54) is 18.2 Å². The molecule has 1 heterocycles. The predicted molar refractivity (Wildman–Crippen MR) is 111 cm³/mol. The predicted octanol–water partition coefficient (Wildman–Crippen LogP) is 2.74. The monoisotopic (exact) mass is 400 g/mol. The van der Waals surface area contributed by atoms with Crippen LogP contribution in [-0.4, -0.2) is 57.4 Å². The summed E-state index contributed by atoms with van der Waals surface area (Å²) in [5.41, 5.74) is 2.24. The number of anilines is 3. The number of nitrogens with zero attached hydrogens (tertiary/aromatic N) is 2. The molecule has 0 radical (unpaired) electrons. The Balaban J connectivity index is 1.74. The number of nitro groups is 1. The number of nitro benzene ring substituents is 1. The van der Waals surface area contributed by atoms with Crippen LogP contribution in [0.25, 0.3) is 0 Å².